The fraction of sp³-hybridized carbons (Fsp3) is 0.214. The molecule has 0 fully saturated rings. The lowest BCUT2D eigenvalue weighted by Gasteiger charge is -2.24. The summed E-state index contributed by atoms with van der Waals surface area (Å²) in [5, 5.41) is 9.24. The summed E-state index contributed by atoms with van der Waals surface area (Å²) in [6.07, 6.45) is 3.60. The monoisotopic (exact) mass is 212 g/mol. The van der Waals surface area contributed by atoms with Crippen molar-refractivity contribution in [2.75, 3.05) is 13.1 Å². The lowest BCUT2D eigenvalue weighted by atomic mass is 10.1. The maximum Gasteiger partial charge on any atom is 0.124 e. The summed E-state index contributed by atoms with van der Waals surface area (Å²) in [7, 11) is 0. The Morgan fingerprint density at radius 3 is 2.19 bits per heavy atom. The normalized spacial score (nSPS) is 11.8. The van der Waals surface area contributed by atoms with Crippen LogP contribution in [-0.4, -0.2) is 18.0 Å². The van der Waals surface area contributed by atoms with Crippen LogP contribution in [-0.2, 0) is 0 Å². The van der Waals surface area contributed by atoms with Gasteiger partial charge in [0.1, 0.15) is 6.04 Å². The van der Waals surface area contributed by atoms with Crippen LogP contribution in [0.4, 0.5) is 0 Å². The molecule has 0 bridgehead atoms. The van der Waals surface area contributed by atoms with E-state index in [1.54, 1.807) is 12.2 Å². The van der Waals surface area contributed by atoms with Gasteiger partial charge in [0.2, 0.25) is 0 Å². The molecule has 1 aromatic rings. The molecule has 1 atom stereocenters. The Bertz CT molecular complexity index is 365. The van der Waals surface area contributed by atoms with Crippen molar-refractivity contribution < 1.29 is 0 Å². The zero-order valence-electron chi connectivity index (χ0n) is 9.34. The highest BCUT2D eigenvalue weighted by Crippen LogP contribution is 2.19. The molecule has 16 heavy (non-hydrogen) atoms. The fourth-order valence-electron chi connectivity index (χ4n) is 1.62. The van der Waals surface area contributed by atoms with E-state index < -0.39 is 0 Å². The number of hydrogen-bond donors (Lipinski definition) is 0. The molecule has 0 aromatic heterocycles. The molecule has 0 saturated carbocycles. The maximum atomic E-state index is 9.24. The smallest absolute Gasteiger partial charge is 0.124 e. The van der Waals surface area contributed by atoms with E-state index in [-0.39, 0.29) is 6.04 Å². The van der Waals surface area contributed by atoms with Crippen LogP contribution in [0.2, 0.25) is 0 Å². The SMILES string of the molecule is C=CCN(CC=C)C(C#N)c1ccccc1. The minimum absolute atomic E-state index is 0.239. The highest BCUT2D eigenvalue weighted by molar-refractivity contribution is 5.24. The van der Waals surface area contributed by atoms with Crippen molar-refractivity contribution >= 4 is 0 Å². The van der Waals surface area contributed by atoms with Crippen molar-refractivity contribution in [1.29, 1.82) is 5.26 Å². The van der Waals surface area contributed by atoms with E-state index in [1.165, 1.54) is 0 Å². The number of nitrogens with zero attached hydrogens (tertiary/aromatic N) is 2. The van der Waals surface area contributed by atoms with Crippen LogP contribution >= 0.6 is 0 Å². The molecule has 0 saturated heterocycles. The Hall–Kier alpha value is -1.85. The molecule has 0 amide bonds. The van der Waals surface area contributed by atoms with Crippen molar-refractivity contribution in [1.82, 2.24) is 4.90 Å². The molecule has 0 aliphatic rings. The molecular formula is C14H16N2. The molecule has 1 unspecified atom stereocenters. The molecule has 0 aliphatic heterocycles. The van der Waals surface area contributed by atoms with Gasteiger partial charge in [0.25, 0.3) is 0 Å². The summed E-state index contributed by atoms with van der Waals surface area (Å²) in [4.78, 5) is 2.02. The number of rotatable bonds is 6. The van der Waals surface area contributed by atoms with Crippen LogP contribution in [0.5, 0.6) is 0 Å². The second kappa shape index (κ2) is 6.60. The Morgan fingerprint density at radius 2 is 1.75 bits per heavy atom. The summed E-state index contributed by atoms with van der Waals surface area (Å²) >= 11 is 0. The zero-order chi connectivity index (χ0) is 11.8. The molecule has 1 rings (SSSR count). The van der Waals surface area contributed by atoms with E-state index in [0.717, 1.165) is 5.56 Å². The quantitative estimate of drug-likeness (QED) is 0.678. The van der Waals surface area contributed by atoms with E-state index in [0.29, 0.717) is 13.1 Å². The van der Waals surface area contributed by atoms with Gasteiger partial charge in [-0.3, -0.25) is 4.90 Å². The molecule has 1 aromatic carbocycles. The van der Waals surface area contributed by atoms with E-state index in [2.05, 4.69) is 19.2 Å². The van der Waals surface area contributed by atoms with Gasteiger partial charge < -0.3 is 0 Å². The Morgan fingerprint density at radius 1 is 1.19 bits per heavy atom. The van der Waals surface area contributed by atoms with Crippen LogP contribution in [0, 0.1) is 11.3 Å². The highest BCUT2D eigenvalue weighted by atomic mass is 15.1. The van der Waals surface area contributed by atoms with Crippen LogP contribution in [0.15, 0.2) is 55.6 Å². The van der Waals surface area contributed by atoms with Crippen molar-refractivity contribution in [3.8, 4) is 6.07 Å². The molecule has 2 nitrogen and oxygen atoms in total. The van der Waals surface area contributed by atoms with Crippen LogP contribution in [0.1, 0.15) is 11.6 Å². The lowest BCUT2D eigenvalue weighted by Crippen LogP contribution is -2.28. The van der Waals surface area contributed by atoms with E-state index in [9.17, 15) is 5.26 Å². The first kappa shape index (κ1) is 12.2. The topological polar surface area (TPSA) is 27.0 Å². The van der Waals surface area contributed by atoms with Crippen molar-refractivity contribution in [2.24, 2.45) is 0 Å². The molecule has 0 N–H and O–H groups in total. The average molecular weight is 212 g/mol. The molecule has 0 aliphatic carbocycles. The Labute approximate surface area is 97.1 Å². The largest absolute Gasteiger partial charge is 0.277 e. The third kappa shape index (κ3) is 3.08. The third-order valence-electron chi connectivity index (χ3n) is 2.33. The van der Waals surface area contributed by atoms with Gasteiger partial charge in [-0.05, 0) is 5.56 Å². The van der Waals surface area contributed by atoms with Gasteiger partial charge >= 0.3 is 0 Å². The Kier molecular flexibility index (Phi) is 5.04. The first-order valence-electron chi connectivity index (χ1n) is 5.24. The van der Waals surface area contributed by atoms with Crippen LogP contribution in [0.3, 0.4) is 0 Å². The van der Waals surface area contributed by atoms with Gasteiger partial charge in [-0.15, -0.1) is 13.2 Å². The Balaban J connectivity index is 2.91. The molecule has 0 spiro atoms. The number of hydrogen-bond acceptors (Lipinski definition) is 2. The summed E-state index contributed by atoms with van der Waals surface area (Å²) < 4.78 is 0. The molecule has 2 heteroatoms. The predicted molar refractivity (Wildman–Crippen MR) is 66.8 cm³/mol. The van der Waals surface area contributed by atoms with Crippen molar-refractivity contribution in [2.45, 2.75) is 6.04 Å². The van der Waals surface area contributed by atoms with Gasteiger partial charge in [0, 0.05) is 13.1 Å². The molecule has 0 radical (unpaired) electrons. The predicted octanol–water partition coefficient (Wildman–Crippen LogP) is 2.93. The first-order chi connectivity index (χ1) is 7.83. The third-order valence-corrected chi connectivity index (χ3v) is 2.33. The average Bonchev–Trinajstić information content (AvgIpc) is 2.32. The van der Waals surface area contributed by atoms with Gasteiger partial charge in [-0.2, -0.15) is 5.26 Å². The molecular weight excluding hydrogens is 196 g/mol. The van der Waals surface area contributed by atoms with Gasteiger partial charge in [-0.25, -0.2) is 0 Å². The standard InChI is InChI=1S/C14H16N2/c1-3-10-16(11-4-2)14(12-15)13-8-6-5-7-9-13/h3-9,14H,1-2,10-11H2. The second-order valence-corrected chi connectivity index (χ2v) is 3.47. The van der Waals surface area contributed by atoms with Crippen LogP contribution < -0.4 is 0 Å². The first-order valence-corrected chi connectivity index (χ1v) is 5.24. The summed E-state index contributed by atoms with van der Waals surface area (Å²) in [5.41, 5.74) is 1.01. The molecule has 82 valence electrons. The van der Waals surface area contributed by atoms with Gasteiger partial charge in [-0.1, -0.05) is 42.5 Å². The number of nitriles is 1. The maximum absolute atomic E-state index is 9.24. The summed E-state index contributed by atoms with van der Waals surface area (Å²) in [6.45, 7) is 8.77. The lowest BCUT2D eigenvalue weighted by molar-refractivity contribution is 0.291. The summed E-state index contributed by atoms with van der Waals surface area (Å²) in [5.74, 6) is 0. The van der Waals surface area contributed by atoms with E-state index in [1.807, 2.05) is 35.2 Å². The minimum Gasteiger partial charge on any atom is -0.277 e. The van der Waals surface area contributed by atoms with Crippen LogP contribution in [0.25, 0.3) is 0 Å². The van der Waals surface area contributed by atoms with E-state index in [4.69, 9.17) is 0 Å². The van der Waals surface area contributed by atoms with Gasteiger partial charge in [0.05, 0.1) is 6.07 Å². The second-order valence-electron chi connectivity index (χ2n) is 3.47. The van der Waals surface area contributed by atoms with E-state index >= 15 is 0 Å². The van der Waals surface area contributed by atoms with Gasteiger partial charge in [0.15, 0.2) is 0 Å². The zero-order valence-corrected chi connectivity index (χ0v) is 9.34. The minimum atomic E-state index is -0.239. The highest BCUT2D eigenvalue weighted by Gasteiger charge is 2.17. The van der Waals surface area contributed by atoms with Crippen molar-refractivity contribution in [3.05, 3.63) is 61.2 Å². The number of benzene rings is 1. The molecule has 0 heterocycles. The summed E-state index contributed by atoms with van der Waals surface area (Å²) in [6, 6.07) is 11.8. The van der Waals surface area contributed by atoms with Crippen molar-refractivity contribution in [3.63, 3.8) is 0 Å². The fourth-order valence-corrected chi connectivity index (χ4v) is 1.62.